The van der Waals surface area contributed by atoms with Crippen molar-refractivity contribution in [2.75, 3.05) is 26.2 Å². The van der Waals surface area contributed by atoms with Gasteiger partial charge in [-0.2, -0.15) is 0 Å². The Hall–Kier alpha value is -0.610. The summed E-state index contributed by atoms with van der Waals surface area (Å²) in [5.74, 6) is 0.790. The van der Waals surface area contributed by atoms with Crippen molar-refractivity contribution in [3.8, 4) is 0 Å². The number of carbonyl (C=O) groups is 1. The second kappa shape index (κ2) is 4.49. The maximum Gasteiger partial charge on any atom is 0.227 e. The van der Waals surface area contributed by atoms with E-state index in [0.717, 1.165) is 32.5 Å². The van der Waals surface area contributed by atoms with Crippen molar-refractivity contribution in [2.45, 2.75) is 25.8 Å². The molecule has 3 atom stereocenters. The molecule has 0 radical (unpaired) electrons. The number of hydrogen-bond donors (Lipinski definition) is 2. The lowest BCUT2D eigenvalue weighted by Crippen LogP contribution is -2.43. The number of hydrogen-bond acceptors (Lipinski definition) is 3. The van der Waals surface area contributed by atoms with Crippen molar-refractivity contribution < 1.29 is 9.90 Å². The van der Waals surface area contributed by atoms with Crippen LogP contribution in [0, 0.1) is 11.8 Å². The molecule has 2 aliphatic rings. The van der Waals surface area contributed by atoms with Gasteiger partial charge in [-0.3, -0.25) is 4.79 Å². The summed E-state index contributed by atoms with van der Waals surface area (Å²) in [7, 11) is 0. The zero-order chi connectivity index (χ0) is 10.8. The minimum absolute atomic E-state index is 0.0744. The van der Waals surface area contributed by atoms with Crippen molar-refractivity contribution in [3.05, 3.63) is 0 Å². The fourth-order valence-corrected chi connectivity index (χ4v) is 2.67. The van der Waals surface area contributed by atoms with E-state index >= 15 is 0 Å². The first kappa shape index (κ1) is 10.9. The summed E-state index contributed by atoms with van der Waals surface area (Å²) in [6, 6.07) is 0.0744. The average Bonchev–Trinajstić information content (AvgIpc) is 2.84. The minimum Gasteiger partial charge on any atom is -0.394 e. The molecule has 0 saturated carbocycles. The van der Waals surface area contributed by atoms with E-state index in [2.05, 4.69) is 12.2 Å². The molecule has 15 heavy (non-hydrogen) atoms. The number of likely N-dealkylation sites (tertiary alicyclic amines) is 1. The number of carbonyl (C=O) groups excluding carboxylic acids is 1. The second-order valence-corrected chi connectivity index (χ2v) is 4.75. The summed E-state index contributed by atoms with van der Waals surface area (Å²) in [6.45, 7) is 4.79. The van der Waals surface area contributed by atoms with Gasteiger partial charge in [0.25, 0.3) is 0 Å². The molecule has 2 aliphatic heterocycles. The predicted octanol–water partition coefficient (Wildman–Crippen LogP) is -0.175. The first-order chi connectivity index (χ1) is 7.24. The largest absolute Gasteiger partial charge is 0.394 e. The quantitative estimate of drug-likeness (QED) is 0.668. The third kappa shape index (κ3) is 2.01. The van der Waals surface area contributed by atoms with Crippen LogP contribution >= 0.6 is 0 Å². The number of nitrogens with zero attached hydrogens (tertiary/aromatic N) is 1. The van der Waals surface area contributed by atoms with Gasteiger partial charge >= 0.3 is 0 Å². The van der Waals surface area contributed by atoms with E-state index in [1.54, 1.807) is 0 Å². The van der Waals surface area contributed by atoms with Crippen LogP contribution in [0.3, 0.4) is 0 Å². The summed E-state index contributed by atoms with van der Waals surface area (Å²) < 4.78 is 0. The fraction of sp³-hybridized carbons (Fsp3) is 0.909. The molecular weight excluding hydrogens is 192 g/mol. The molecule has 2 saturated heterocycles. The van der Waals surface area contributed by atoms with Gasteiger partial charge in [-0.15, -0.1) is 0 Å². The van der Waals surface area contributed by atoms with Crippen LogP contribution in [0.5, 0.6) is 0 Å². The molecule has 2 fully saturated rings. The minimum atomic E-state index is 0.0744. The van der Waals surface area contributed by atoms with Crippen LogP contribution in [0.4, 0.5) is 0 Å². The van der Waals surface area contributed by atoms with E-state index in [1.165, 1.54) is 0 Å². The third-order valence-corrected chi connectivity index (χ3v) is 3.71. The predicted molar refractivity (Wildman–Crippen MR) is 57.3 cm³/mol. The van der Waals surface area contributed by atoms with Gasteiger partial charge in [-0.25, -0.2) is 0 Å². The molecule has 0 aliphatic carbocycles. The van der Waals surface area contributed by atoms with Gasteiger partial charge in [0.1, 0.15) is 0 Å². The summed E-state index contributed by atoms with van der Waals surface area (Å²) in [5.41, 5.74) is 0. The molecule has 0 spiro atoms. The van der Waals surface area contributed by atoms with Crippen LogP contribution in [0.2, 0.25) is 0 Å². The Kier molecular flexibility index (Phi) is 3.26. The summed E-state index contributed by atoms with van der Waals surface area (Å²) in [4.78, 5) is 14.1. The summed E-state index contributed by atoms with van der Waals surface area (Å²) in [6.07, 6.45) is 1.99. The number of amides is 1. The number of rotatable bonds is 2. The van der Waals surface area contributed by atoms with Crippen LogP contribution in [-0.2, 0) is 4.79 Å². The Balaban J connectivity index is 2.00. The number of nitrogens with one attached hydrogen (secondary N) is 1. The Morgan fingerprint density at radius 3 is 2.93 bits per heavy atom. The molecule has 2 heterocycles. The molecular formula is C11H20N2O2. The van der Waals surface area contributed by atoms with Crippen LogP contribution in [0.1, 0.15) is 19.8 Å². The first-order valence-corrected chi connectivity index (χ1v) is 5.86. The maximum atomic E-state index is 12.2. The lowest BCUT2D eigenvalue weighted by atomic mass is 9.96. The maximum absolute atomic E-state index is 12.2. The SMILES string of the molecule is C[C@@H]1CNC[C@H]1C(=O)N1CCCC1CO. The van der Waals surface area contributed by atoms with Gasteiger partial charge in [0.15, 0.2) is 0 Å². The van der Waals surface area contributed by atoms with Gasteiger partial charge in [0, 0.05) is 13.1 Å². The van der Waals surface area contributed by atoms with Crippen molar-refractivity contribution in [1.29, 1.82) is 0 Å². The Bertz CT molecular complexity index is 245. The number of aliphatic hydroxyl groups excluding tert-OH is 1. The highest BCUT2D eigenvalue weighted by Crippen LogP contribution is 2.24. The standard InChI is InChI=1S/C11H20N2O2/c1-8-5-12-6-10(8)11(15)13-4-2-3-9(13)7-14/h8-10,12,14H,2-7H2,1H3/t8-,9?,10-/m1/s1. The molecule has 4 heteroatoms. The third-order valence-electron chi connectivity index (χ3n) is 3.71. The van der Waals surface area contributed by atoms with Gasteiger partial charge in [0.05, 0.1) is 18.6 Å². The normalized spacial score (nSPS) is 36.1. The second-order valence-electron chi connectivity index (χ2n) is 4.75. The van der Waals surface area contributed by atoms with E-state index in [4.69, 9.17) is 0 Å². The Morgan fingerprint density at radius 2 is 2.33 bits per heavy atom. The van der Waals surface area contributed by atoms with E-state index < -0.39 is 0 Å². The molecule has 1 amide bonds. The van der Waals surface area contributed by atoms with E-state index in [0.29, 0.717) is 5.92 Å². The summed E-state index contributed by atoms with van der Waals surface area (Å²) >= 11 is 0. The first-order valence-electron chi connectivity index (χ1n) is 5.86. The average molecular weight is 212 g/mol. The number of aliphatic hydroxyl groups is 1. The highest BCUT2D eigenvalue weighted by atomic mass is 16.3. The van der Waals surface area contributed by atoms with Gasteiger partial charge in [0.2, 0.25) is 5.91 Å². The van der Waals surface area contributed by atoms with E-state index in [-0.39, 0.29) is 24.5 Å². The van der Waals surface area contributed by atoms with Crippen LogP contribution < -0.4 is 5.32 Å². The van der Waals surface area contributed by atoms with E-state index in [9.17, 15) is 9.90 Å². The Morgan fingerprint density at radius 1 is 1.53 bits per heavy atom. The van der Waals surface area contributed by atoms with Crippen LogP contribution in [-0.4, -0.2) is 48.2 Å². The van der Waals surface area contributed by atoms with Crippen molar-refractivity contribution >= 4 is 5.91 Å². The smallest absolute Gasteiger partial charge is 0.227 e. The lowest BCUT2D eigenvalue weighted by molar-refractivity contribution is -0.137. The fourth-order valence-electron chi connectivity index (χ4n) is 2.67. The molecule has 0 aromatic rings. The monoisotopic (exact) mass is 212 g/mol. The zero-order valence-electron chi connectivity index (χ0n) is 9.28. The van der Waals surface area contributed by atoms with Crippen LogP contribution in [0.15, 0.2) is 0 Å². The molecule has 1 unspecified atom stereocenters. The molecule has 0 bridgehead atoms. The van der Waals surface area contributed by atoms with Crippen molar-refractivity contribution in [2.24, 2.45) is 11.8 Å². The van der Waals surface area contributed by atoms with E-state index in [1.807, 2.05) is 4.90 Å². The molecule has 2 N–H and O–H groups in total. The van der Waals surface area contributed by atoms with Crippen LogP contribution in [0.25, 0.3) is 0 Å². The topological polar surface area (TPSA) is 52.6 Å². The zero-order valence-corrected chi connectivity index (χ0v) is 9.28. The highest BCUT2D eigenvalue weighted by molar-refractivity contribution is 5.80. The van der Waals surface area contributed by atoms with Gasteiger partial charge in [-0.1, -0.05) is 6.92 Å². The van der Waals surface area contributed by atoms with Gasteiger partial charge < -0.3 is 15.3 Å². The molecule has 86 valence electrons. The highest BCUT2D eigenvalue weighted by Gasteiger charge is 2.37. The molecule has 0 aromatic carbocycles. The Labute approximate surface area is 90.6 Å². The summed E-state index contributed by atoms with van der Waals surface area (Å²) in [5, 5.41) is 12.4. The molecule has 0 aromatic heterocycles. The lowest BCUT2D eigenvalue weighted by Gasteiger charge is -2.27. The molecule has 2 rings (SSSR count). The van der Waals surface area contributed by atoms with Crippen molar-refractivity contribution in [1.82, 2.24) is 10.2 Å². The van der Waals surface area contributed by atoms with Crippen molar-refractivity contribution in [3.63, 3.8) is 0 Å². The van der Waals surface area contributed by atoms with Gasteiger partial charge in [-0.05, 0) is 25.3 Å². The molecule has 4 nitrogen and oxygen atoms in total.